The van der Waals surface area contributed by atoms with Crippen molar-refractivity contribution in [3.05, 3.63) is 28.3 Å². The molecule has 0 saturated carbocycles. The standard InChI is InChI=1S/C19H28N4O2S/c1-23-10-8-15(9-11-23)26(20,25)22-19(24)21-18-16-6-2-4-13(16)12-14-5-3-7-17(14)18/h12,15H,2-11H2,1H3,(H3,20,21,22,24,25). The van der Waals surface area contributed by atoms with Gasteiger partial charge in [0.05, 0.1) is 5.25 Å². The topological polar surface area (TPSA) is 87.8 Å². The molecule has 1 fully saturated rings. The van der Waals surface area contributed by atoms with Crippen molar-refractivity contribution in [3.63, 3.8) is 0 Å². The molecule has 3 aliphatic rings. The Morgan fingerprint density at radius 2 is 1.73 bits per heavy atom. The average Bonchev–Trinajstić information content (AvgIpc) is 3.23. The number of carbonyl (C=O) groups is 1. The maximum Gasteiger partial charge on any atom is 0.354 e. The van der Waals surface area contributed by atoms with E-state index in [1.807, 2.05) is 7.05 Å². The van der Waals surface area contributed by atoms with E-state index in [1.165, 1.54) is 22.3 Å². The van der Waals surface area contributed by atoms with Crippen molar-refractivity contribution in [2.45, 2.75) is 56.6 Å². The van der Waals surface area contributed by atoms with E-state index in [9.17, 15) is 9.00 Å². The minimum atomic E-state index is -3.02. The number of hydrogen-bond donors (Lipinski definition) is 2. The smallest absolute Gasteiger partial charge is 0.306 e. The number of hydrogen-bond acceptors (Lipinski definition) is 3. The summed E-state index contributed by atoms with van der Waals surface area (Å²) in [5.74, 6) is 0. The maximum absolute atomic E-state index is 12.8. The van der Waals surface area contributed by atoms with E-state index in [1.54, 1.807) is 0 Å². The van der Waals surface area contributed by atoms with E-state index in [-0.39, 0.29) is 5.25 Å². The molecule has 1 unspecified atom stereocenters. The van der Waals surface area contributed by atoms with E-state index < -0.39 is 15.9 Å². The Morgan fingerprint density at radius 1 is 1.15 bits per heavy atom. The van der Waals surface area contributed by atoms with Gasteiger partial charge in [-0.25, -0.2) is 14.1 Å². The minimum Gasteiger partial charge on any atom is -0.306 e. The molecule has 1 aliphatic heterocycles. The van der Waals surface area contributed by atoms with Crippen molar-refractivity contribution in [2.75, 3.05) is 25.5 Å². The molecule has 2 aliphatic carbocycles. The van der Waals surface area contributed by atoms with Crippen LogP contribution in [0.2, 0.25) is 0 Å². The number of fused-ring (bicyclic) bond motifs is 2. The fourth-order valence-corrected chi connectivity index (χ4v) is 5.96. The number of amides is 2. The summed E-state index contributed by atoms with van der Waals surface area (Å²) in [6, 6.07) is 1.77. The maximum atomic E-state index is 12.8. The Morgan fingerprint density at radius 3 is 2.31 bits per heavy atom. The number of aryl methyl sites for hydroxylation is 2. The third-order valence-electron chi connectivity index (χ3n) is 6.07. The first-order valence-corrected chi connectivity index (χ1v) is 11.3. The highest BCUT2D eigenvalue weighted by molar-refractivity contribution is 7.92. The first-order chi connectivity index (χ1) is 12.4. The van der Waals surface area contributed by atoms with Gasteiger partial charge in [-0.15, -0.1) is 4.36 Å². The van der Waals surface area contributed by atoms with Crippen LogP contribution in [0.15, 0.2) is 10.4 Å². The number of carbonyl (C=O) groups excluding carboxylic acids is 1. The molecular formula is C19H28N4O2S. The summed E-state index contributed by atoms with van der Waals surface area (Å²) in [5.41, 5.74) is 6.13. The van der Waals surface area contributed by atoms with Gasteiger partial charge in [-0.2, -0.15) is 0 Å². The molecule has 1 aromatic carbocycles. The van der Waals surface area contributed by atoms with E-state index in [2.05, 4.69) is 20.6 Å². The highest BCUT2D eigenvalue weighted by Gasteiger charge is 2.27. The lowest BCUT2D eigenvalue weighted by molar-refractivity contribution is 0.259. The molecule has 142 valence electrons. The Bertz CT molecular complexity index is 817. The van der Waals surface area contributed by atoms with Gasteiger partial charge in [0, 0.05) is 5.69 Å². The van der Waals surface area contributed by atoms with Crippen LogP contribution in [0, 0.1) is 0 Å². The van der Waals surface area contributed by atoms with Gasteiger partial charge in [0.25, 0.3) is 0 Å². The fourth-order valence-electron chi connectivity index (χ4n) is 4.62. The van der Waals surface area contributed by atoms with Gasteiger partial charge in [-0.05, 0) is 93.8 Å². The Balaban J connectivity index is 1.58. The molecule has 6 nitrogen and oxygen atoms in total. The highest BCUT2D eigenvalue weighted by Crippen LogP contribution is 2.38. The summed E-state index contributed by atoms with van der Waals surface area (Å²) in [6.45, 7) is 1.69. The Labute approximate surface area is 155 Å². The molecule has 3 N–H and O–H groups in total. The van der Waals surface area contributed by atoms with Crippen LogP contribution >= 0.6 is 0 Å². The van der Waals surface area contributed by atoms with Gasteiger partial charge in [0.1, 0.15) is 9.92 Å². The van der Waals surface area contributed by atoms with E-state index in [4.69, 9.17) is 5.14 Å². The first-order valence-electron chi connectivity index (χ1n) is 9.64. The zero-order valence-electron chi connectivity index (χ0n) is 15.4. The molecule has 0 radical (unpaired) electrons. The second-order valence-electron chi connectivity index (χ2n) is 7.87. The molecule has 0 aromatic heterocycles. The summed E-state index contributed by atoms with van der Waals surface area (Å²) in [4.78, 5) is 14.8. The number of piperidine rings is 1. The molecule has 26 heavy (non-hydrogen) atoms. The van der Waals surface area contributed by atoms with E-state index in [0.717, 1.165) is 70.1 Å². The number of anilines is 1. The van der Waals surface area contributed by atoms with Crippen molar-refractivity contribution >= 4 is 21.6 Å². The van der Waals surface area contributed by atoms with Crippen LogP contribution in [0.25, 0.3) is 0 Å². The highest BCUT2D eigenvalue weighted by atomic mass is 32.2. The molecule has 1 atom stereocenters. The fraction of sp³-hybridized carbons (Fsp3) is 0.632. The number of urea groups is 1. The minimum absolute atomic E-state index is 0.211. The molecule has 1 aromatic rings. The SMILES string of the molecule is CN1CCC(S(N)(=O)=NC(=O)Nc2c3c(cc4c2CCC4)CCC3)CC1. The van der Waals surface area contributed by atoms with Crippen molar-refractivity contribution in [1.29, 1.82) is 0 Å². The van der Waals surface area contributed by atoms with E-state index >= 15 is 0 Å². The van der Waals surface area contributed by atoms with Crippen LogP contribution < -0.4 is 10.5 Å². The quantitative estimate of drug-likeness (QED) is 0.832. The number of nitrogens with one attached hydrogen (secondary N) is 1. The van der Waals surface area contributed by atoms with Crippen LogP contribution in [0.4, 0.5) is 10.5 Å². The van der Waals surface area contributed by atoms with E-state index in [0.29, 0.717) is 0 Å². The predicted molar refractivity (Wildman–Crippen MR) is 105 cm³/mol. The predicted octanol–water partition coefficient (Wildman–Crippen LogP) is 2.63. The second kappa shape index (κ2) is 6.94. The van der Waals surface area contributed by atoms with Gasteiger partial charge in [0.2, 0.25) is 0 Å². The van der Waals surface area contributed by atoms with Crippen molar-refractivity contribution < 1.29 is 9.00 Å². The molecule has 1 saturated heterocycles. The summed E-state index contributed by atoms with van der Waals surface area (Å²) in [5, 5.41) is 8.76. The Kier molecular flexibility index (Phi) is 4.79. The van der Waals surface area contributed by atoms with Crippen LogP contribution in [-0.2, 0) is 35.6 Å². The summed E-state index contributed by atoms with van der Waals surface area (Å²) in [6.07, 6.45) is 7.83. The number of benzene rings is 1. The van der Waals surface area contributed by atoms with Crippen LogP contribution in [0.3, 0.4) is 0 Å². The van der Waals surface area contributed by atoms with Gasteiger partial charge < -0.3 is 10.2 Å². The largest absolute Gasteiger partial charge is 0.354 e. The molecule has 0 spiro atoms. The summed E-state index contributed by atoms with van der Waals surface area (Å²) in [7, 11) is -0.981. The van der Waals surface area contributed by atoms with Crippen LogP contribution in [-0.4, -0.2) is 40.5 Å². The first kappa shape index (κ1) is 17.9. The average molecular weight is 377 g/mol. The van der Waals surface area contributed by atoms with Crippen molar-refractivity contribution in [2.24, 2.45) is 9.50 Å². The van der Waals surface area contributed by atoms with Gasteiger partial charge in [0.15, 0.2) is 0 Å². The molecule has 1 heterocycles. The third-order valence-corrected chi connectivity index (χ3v) is 7.95. The molecule has 4 rings (SSSR count). The lowest BCUT2D eigenvalue weighted by atomic mass is 9.99. The van der Waals surface area contributed by atoms with Crippen LogP contribution in [0.1, 0.15) is 47.9 Å². The third kappa shape index (κ3) is 3.40. The summed E-state index contributed by atoms with van der Waals surface area (Å²) >= 11 is 0. The molecule has 0 bridgehead atoms. The molecular weight excluding hydrogens is 348 g/mol. The van der Waals surface area contributed by atoms with Gasteiger partial charge in [-0.1, -0.05) is 6.07 Å². The number of nitrogens with two attached hydrogens (primary N) is 1. The zero-order valence-corrected chi connectivity index (χ0v) is 16.2. The molecule has 2 amide bonds. The van der Waals surface area contributed by atoms with Crippen molar-refractivity contribution in [3.8, 4) is 0 Å². The summed E-state index contributed by atoms with van der Waals surface area (Å²) < 4.78 is 16.8. The number of likely N-dealkylation sites (tertiary alicyclic amines) is 1. The number of rotatable bonds is 2. The second-order valence-corrected chi connectivity index (χ2v) is 9.95. The van der Waals surface area contributed by atoms with Gasteiger partial charge in [-0.3, -0.25) is 0 Å². The Hall–Kier alpha value is -1.44. The lowest BCUT2D eigenvalue weighted by Gasteiger charge is -2.29. The zero-order chi connectivity index (χ0) is 18.3. The normalized spacial score (nSPS) is 22.5. The van der Waals surface area contributed by atoms with Crippen LogP contribution in [0.5, 0.6) is 0 Å². The molecule has 7 heteroatoms. The van der Waals surface area contributed by atoms with Gasteiger partial charge >= 0.3 is 6.03 Å². The van der Waals surface area contributed by atoms with Crippen molar-refractivity contribution in [1.82, 2.24) is 4.90 Å². The lowest BCUT2D eigenvalue weighted by Crippen LogP contribution is -2.40. The monoisotopic (exact) mass is 376 g/mol. The number of nitrogens with zero attached hydrogens (tertiary/aromatic N) is 2.